The van der Waals surface area contributed by atoms with Crippen molar-refractivity contribution < 1.29 is 23.6 Å². The van der Waals surface area contributed by atoms with Crippen LogP contribution in [0, 0.1) is 35.0 Å². The highest BCUT2D eigenvalue weighted by Crippen LogP contribution is 2.54. The molecule has 13 nitrogen and oxygen atoms in total. The smallest absolute Gasteiger partial charge is 0.233 e. The number of nitrogens with one attached hydrogen (secondary N) is 2. The lowest BCUT2D eigenvalue weighted by Gasteiger charge is -2.45. The molecule has 6 aromatic rings. The molecule has 76 heavy (non-hydrogen) atoms. The molecule has 3 aliphatic carbocycles. The van der Waals surface area contributed by atoms with Gasteiger partial charge in [-0.25, -0.2) is 4.39 Å². The number of piperidine rings is 1. The number of likely N-dealkylation sites (tertiary alicyclic amines) is 2. The number of carbonyl (C=O) groups excluding carboxylic acids is 4. The van der Waals surface area contributed by atoms with Crippen LogP contribution in [0.4, 0.5) is 15.8 Å². The van der Waals surface area contributed by atoms with E-state index in [1.54, 1.807) is 22.7 Å². The van der Waals surface area contributed by atoms with E-state index in [2.05, 4.69) is 62.9 Å². The number of nitrogens with zero attached hydrogens (tertiary/aromatic N) is 7. The molecule has 2 N–H and O–H groups in total. The number of anilines is 2. The average Bonchev–Trinajstić information content (AvgIpc) is 4.14. The summed E-state index contributed by atoms with van der Waals surface area (Å²) in [4.78, 5) is 70.7. The van der Waals surface area contributed by atoms with Crippen molar-refractivity contribution in [2.24, 2.45) is 23.7 Å². The number of alkyl halides is 1. The fraction of sp³-hybridized carbons (Fsp3) is 0.475. The molecular weight excluding hydrogens is 1020 g/mol. The minimum absolute atomic E-state index is 0.00716. The molecule has 2 aromatic carbocycles. The molecule has 6 aliphatic heterocycles. The van der Waals surface area contributed by atoms with Crippen LogP contribution in [0.25, 0.3) is 42.7 Å². The fourth-order valence-electron chi connectivity index (χ4n) is 15.5. The lowest BCUT2D eigenvalue weighted by atomic mass is 9.73. The lowest BCUT2D eigenvalue weighted by molar-refractivity contribution is -0.142. The van der Waals surface area contributed by atoms with Crippen LogP contribution in [-0.2, 0) is 45.1 Å². The maximum absolute atomic E-state index is 14.6. The molecular formula is C59H57ClFN9O4S2. The summed E-state index contributed by atoms with van der Waals surface area (Å²) in [5.74, 6) is 0.227. The van der Waals surface area contributed by atoms with Crippen LogP contribution in [0.2, 0.25) is 5.02 Å². The number of aryl methyl sites for hydroxylation is 1. The summed E-state index contributed by atoms with van der Waals surface area (Å²) >= 11 is 10.4. The predicted octanol–water partition coefficient (Wildman–Crippen LogP) is 9.48. The molecule has 0 radical (unpaired) electrons. The van der Waals surface area contributed by atoms with Crippen molar-refractivity contribution in [1.82, 2.24) is 30.4 Å². The maximum Gasteiger partial charge on any atom is 0.233 e. The van der Waals surface area contributed by atoms with Crippen LogP contribution in [0.3, 0.4) is 0 Å². The van der Waals surface area contributed by atoms with Crippen LogP contribution in [0.1, 0.15) is 97.1 Å². The van der Waals surface area contributed by atoms with Crippen molar-refractivity contribution >= 4 is 89.7 Å². The Labute approximate surface area is 452 Å². The van der Waals surface area contributed by atoms with Crippen molar-refractivity contribution in [3.05, 3.63) is 92.4 Å². The molecule has 17 heteroatoms. The Hall–Kier alpha value is -5.83. The average molecular weight is 1070 g/mol. The molecule has 5 unspecified atom stereocenters. The van der Waals surface area contributed by atoms with E-state index in [0.29, 0.717) is 41.7 Å². The first kappa shape index (κ1) is 47.4. The highest BCUT2D eigenvalue weighted by Gasteiger charge is 2.59. The Bertz CT molecular complexity index is 3520. The molecule has 15 rings (SSSR count). The van der Waals surface area contributed by atoms with Gasteiger partial charge in [-0.15, -0.1) is 22.7 Å². The first-order valence-electron chi connectivity index (χ1n) is 27.4. The van der Waals surface area contributed by atoms with Crippen LogP contribution in [0.5, 0.6) is 0 Å². The second-order valence-electron chi connectivity index (χ2n) is 23.7. The second kappa shape index (κ2) is 17.6. The molecule has 9 aliphatic rings. The Balaban J connectivity index is 0.721. The monoisotopic (exact) mass is 1070 g/mol. The molecule has 388 valence electrons. The van der Waals surface area contributed by atoms with E-state index in [0.717, 1.165) is 130 Å². The third kappa shape index (κ3) is 7.68. The summed E-state index contributed by atoms with van der Waals surface area (Å²) in [5, 5.41) is 19.0. The molecule has 2 spiro atoms. The quantitative estimate of drug-likeness (QED) is 0.133. The topological polar surface area (TPSA) is 155 Å². The van der Waals surface area contributed by atoms with Gasteiger partial charge < -0.3 is 20.4 Å². The van der Waals surface area contributed by atoms with Gasteiger partial charge in [-0.05, 0) is 142 Å². The number of thiophene rings is 2. The van der Waals surface area contributed by atoms with Gasteiger partial charge in [0.2, 0.25) is 23.6 Å². The number of hydrogen-bond acceptors (Lipinski definition) is 13. The van der Waals surface area contributed by atoms with Gasteiger partial charge in [0, 0.05) is 123 Å². The van der Waals surface area contributed by atoms with Crippen molar-refractivity contribution in [3.8, 4) is 28.3 Å². The molecule has 0 bridgehead atoms. The Morgan fingerprint density at radius 3 is 2.03 bits per heavy atom. The van der Waals surface area contributed by atoms with Gasteiger partial charge >= 0.3 is 0 Å². The first-order chi connectivity index (χ1) is 36.9. The zero-order valence-electron chi connectivity index (χ0n) is 42.1. The standard InChI is InChI=1S/C59H57ClFN9O4S2/c60-36-15-34-14-35(28-68(39-24-59(66-27-39)21-37(61)22-59)53(34)45(16-36)43-7-10-64-48-17-40(75-55(43)48)29-69-50(71)3-4-51(69)72)33-5-8-58(20-33)23-38(26-65-58)67-11-1-2-32-12-31(25-62)13-44(52(32)67)42-6-9-63-49-18-41(76-54(42)49)30-70-56(73)46-19-47(46)57(70)74/h6-7,9-10,12-13,15-18,33,35,37-39,46-47,65-66H,1-5,8,11,14,19-24,26-30H2/t33?,35?,37?,38-,39-,46?,47?,58?,59?/m1/s1. The van der Waals surface area contributed by atoms with Gasteiger partial charge in [0.1, 0.15) is 6.17 Å². The van der Waals surface area contributed by atoms with E-state index in [1.807, 2.05) is 24.5 Å². The van der Waals surface area contributed by atoms with Crippen LogP contribution >= 0.6 is 34.3 Å². The van der Waals surface area contributed by atoms with Crippen molar-refractivity contribution in [2.75, 3.05) is 36.0 Å². The van der Waals surface area contributed by atoms with E-state index in [4.69, 9.17) is 21.6 Å². The van der Waals surface area contributed by atoms with Gasteiger partial charge in [0.25, 0.3) is 0 Å². The molecule has 3 saturated carbocycles. The first-order valence-corrected chi connectivity index (χ1v) is 29.4. The zero-order chi connectivity index (χ0) is 51.4. The molecule has 4 aromatic heterocycles. The number of hydrogen-bond donors (Lipinski definition) is 2. The van der Waals surface area contributed by atoms with Crippen molar-refractivity contribution in [2.45, 2.75) is 126 Å². The van der Waals surface area contributed by atoms with Crippen LogP contribution in [-0.4, -0.2) is 98.9 Å². The second-order valence-corrected chi connectivity index (χ2v) is 26.4. The summed E-state index contributed by atoms with van der Waals surface area (Å²) in [5.41, 5.74) is 11.2. The van der Waals surface area contributed by atoms with E-state index in [1.165, 1.54) is 32.3 Å². The molecule has 4 saturated heterocycles. The number of amides is 4. The Morgan fingerprint density at radius 1 is 0.711 bits per heavy atom. The van der Waals surface area contributed by atoms with Crippen LogP contribution in [0.15, 0.2) is 60.9 Å². The number of halogens is 2. The van der Waals surface area contributed by atoms with Gasteiger partial charge in [0.15, 0.2) is 0 Å². The number of benzene rings is 2. The van der Waals surface area contributed by atoms with E-state index in [9.17, 15) is 28.8 Å². The largest absolute Gasteiger partial charge is 0.366 e. The van der Waals surface area contributed by atoms with Gasteiger partial charge in [0.05, 0.1) is 57.0 Å². The summed E-state index contributed by atoms with van der Waals surface area (Å²) in [7, 11) is 0. The number of aromatic nitrogens is 2. The number of fused-ring (bicyclic) bond motifs is 5. The van der Waals surface area contributed by atoms with Crippen molar-refractivity contribution in [3.63, 3.8) is 0 Å². The van der Waals surface area contributed by atoms with Gasteiger partial charge in [-0.1, -0.05) is 11.6 Å². The number of imide groups is 2. The number of carbonyl (C=O) groups is 4. The highest BCUT2D eigenvalue weighted by atomic mass is 35.5. The summed E-state index contributed by atoms with van der Waals surface area (Å²) < 4.78 is 16.6. The number of rotatable bonds is 9. The molecule has 7 fully saturated rings. The Morgan fingerprint density at radius 2 is 1.34 bits per heavy atom. The van der Waals surface area contributed by atoms with Gasteiger partial charge in [-0.2, -0.15) is 5.26 Å². The minimum Gasteiger partial charge on any atom is -0.366 e. The fourth-order valence-corrected chi connectivity index (χ4v) is 18.0. The number of pyridine rings is 2. The minimum atomic E-state index is -0.762. The normalized spacial score (nSPS) is 30.6. The lowest BCUT2D eigenvalue weighted by Crippen LogP contribution is -2.52. The zero-order valence-corrected chi connectivity index (χ0v) is 44.5. The summed E-state index contributed by atoms with van der Waals surface area (Å²) in [6.45, 7) is 4.01. The third-order valence-electron chi connectivity index (χ3n) is 19.1. The van der Waals surface area contributed by atoms with Crippen LogP contribution < -0.4 is 20.4 Å². The molecule has 4 amide bonds. The number of nitriles is 1. The summed E-state index contributed by atoms with van der Waals surface area (Å²) in [6.07, 6.45) is 13.3. The predicted molar refractivity (Wildman–Crippen MR) is 292 cm³/mol. The van der Waals surface area contributed by atoms with E-state index in [-0.39, 0.29) is 84.6 Å². The molecule has 10 heterocycles. The van der Waals surface area contributed by atoms with Crippen molar-refractivity contribution in [1.29, 1.82) is 5.26 Å². The maximum atomic E-state index is 14.6. The van der Waals surface area contributed by atoms with Gasteiger partial charge in [-0.3, -0.25) is 38.9 Å². The highest BCUT2D eigenvalue weighted by molar-refractivity contribution is 7.20. The summed E-state index contributed by atoms with van der Waals surface area (Å²) in [6, 6.07) is 19.5. The molecule has 7 atom stereocenters. The Kier molecular flexibility index (Phi) is 11.0. The van der Waals surface area contributed by atoms with E-state index < -0.39 is 6.17 Å². The van der Waals surface area contributed by atoms with E-state index >= 15 is 0 Å². The SMILES string of the molecule is N#Cc1cc2c(c(-c3ccnc4cc(CN5C(=O)C6CC6C5=O)sc34)c1)N([C@H]1CNC3(CCC(C4Cc5cc(Cl)cc(-c6ccnc7cc(CN8C(=O)CCC8=O)sc67)c5N([C@H]5CNC6(CC(F)C6)C5)C4)C3)C1)CCC2. The third-order valence-corrected chi connectivity index (χ3v) is 21.7.